The molecule has 6 heteroatoms. The number of amides is 1. The number of benzene rings is 1. The highest BCUT2D eigenvalue weighted by molar-refractivity contribution is 6.07. The summed E-state index contributed by atoms with van der Waals surface area (Å²) < 4.78 is 5.09. The summed E-state index contributed by atoms with van der Waals surface area (Å²) in [5, 5.41) is 20.4. The standard InChI is InChI=1S/C17H12N2O4/c18-11-13(3-1-4-15-5-2-10-23-15)16(20)19-14-8-6-12(7-9-14)17(21)22/h1-10H,(H,19,20)(H,21,22)/b4-1-,13-3-. The zero-order valence-electron chi connectivity index (χ0n) is 11.9. The summed E-state index contributed by atoms with van der Waals surface area (Å²) in [6, 6.07) is 10.9. The van der Waals surface area contributed by atoms with E-state index >= 15 is 0 Å². The van der Waals surface area contributed by atoms with Crippen molar-refractivity contribution in [1.29, 1.82) is 5.26 Å². The maximum Gasteiger partial charge on any atom is 0.335 e. The van der Waals surface area contributed by atoms with Crippen LogP contribution in [0.5, 0.6) is 0 Å². The number of carbonyl (C=O) groups is 2. The van der Waals surface area contributed by atoms with Gasteiger partial charge in [0.05, 0.1) is 11.8 Å². The van der Waals surface area contributed by atoms with Crippen LogP contribution in [0.2, 0.25) is 0 Å². The SMILES string of the molecule is N#C/C(=C/C=C\c1ccco1)C(=O)Nc1ccc(C(=O)O)cc1. The van der Waals surface area contributed by atoms with Crippen molar-refractivity contribution >= 4 is 23.6 Å². The number of aromatic carboxylic acids is 1. The lowest BCUT2D eigenvalue weighted by molar-refractivity contribution is -0.112. The zero-order chi connectivity index (χ0) is 16.7. The van der Waals surface area contributed by atoms with Gasteiger partial charge in [-0.2, -0.15) is 5.26 Å². The molecule has 0 fully saturated rings. The van der Waals surface area contributed by atoms with Crippen molar-refractivity contribution in [1.82, 2.24) is 0 Å². The first-order valence-electron chi connectivity index (χ1n) is 6.57. The minimum absolute atomic E-state index is 0.0879. The van der Waals surface area contributed by atoms with Crippen molar-refractivity contribution in [2.75, 3.05) is 5.32 Å². The molecule has 0 saturated carbocycles. The zero-order valence-corrected chi connectivity index (χ0v) is 11.9. The van der Waals surface area contributed by atoms with E-state index in [-0.39, 0.29) is 11.1 Å². The van der Waals surface area contributed by atoms with Gasteiger partial charge in [-0.25, -0.2) is 4.79 Å². The Hall–Kier alpha value is -3.59. The van der Waals surface area contributed by atoms with Crippen molar-refractivity contribution in [2.45, 2.75) is 0 Å². The summed E-state index contributed by atoms with van der Waals surface area (Å²) in [4.78, 5) is 22.7. The second-order valence-corrected chi connectivity index (χ2v) is 4.40. The molecule has 1 heterocycles. The number of anilines is 1. The monoisotopic (exact) mass is 308 g/mol. The van der Waals surface area contributed by atoms with E-state index in [1.807, 2.05) is 0 Å². The van der Waals surface area contributed by atoms with Crippen LogP contribution in [0.3, 0.4) is 0 Å². The third kappa shape index (κ3) is 4.44. The number of rotatable bonds is 5. The van der Waals surface area contributed by atoms with Gasteiger partial charge in [-0.1, -0.05) is 6.08 Å². The molecule has 0 bridgehead atoms. The Morgan fingerprint density at radius 1 is 1.22 bits per heavy atom. The van der Waals surface area contributed by atoms with E-state index in [2.05, 4.69) is 5.32 Å². The largest absolute Gasteiger partial charge is 0.478 e. The average Bonchev–Trinajstić information content (AvgIpc) is 3.05. The number of furan rings is 1. The molecule has 0 unspecified atom stereocenters. The van der Waals surface area contributed by atoms with Crippen molar-refractivity contribution < 1.29 is 19.1 Å². The van der Waals surface area contributed by atoms with Crippen LogP contribution in [0.1, 0.15) is 16.1 Å². The van der Waals surface area contributed by atoms with Gasteiger partial charge in [0.2, 0.25) is 0 Å². The van der Waals surface area contributed by atoms with E-state index in [9.17, 15) is 9.59 Å². The van der Waals surface area contributed by atoms with Crippen LogP contribution in [-0.4, -0.2) is 17.0 Å². The normalized spacial score (nSPS) is 11.2. The van der Waals surface area contributed by atoms with Crippen LogP contribution in [0.4, 0.5) is 5.69 Å². The second kappa shape index (κ2) is 7.43. The van der Waals surface area contributed by atoms with Crippen LogP contribution in [0, 0.1) is 11.3 Å². The summed E-state index contributed by atoms with van der Waals surface area (Å²) >= 11 is 0. The number of hydrogen-bond donors (Lipinski definition) is 2. The van der Waals surface area contributed by atoms with Crippen LogP contribution >= 0.6 is 0 Å². The Labute approximate surface area is 132 Å². The van der Waals surface area contributed by atoms with Crippen LogP contribution in [0.25, 0.3) is 6.08 Å². The Kier molecular flexibility index (Phi) is 5.10. The van der Waals surface area contributed by atoms with Crippen LogP contribution < -0.4 is 5.32 Å². The fraction of sp³-hybridized carbons (Fsp3) is 0. The number of carboxylic acid groups (broad SMARTS) is 1. The molecule has 0 aliphatic carbocycles. The first kappa shape index (κ1) is 15.8. The first-order chi connectivity index (χ1) is 11.1. The number of carbonyl (C=O) groups excluding carboxylic acids is 1. The molecule has 1 aromatic heterocycles. The molecule has 1 amide bonds. The molecule has 0 spiro atoms. The fourth-order valence-electron chi connectivity index (χ4n) is 1.68. The molecule has 114 valence electrons. The molecule has 0 atom stereocenters. The number of carboxylic acids is 1. The molecule has 23 heavy (non-hydrogen) atoms. The molecule has 6 nitrogen and oxygen atoms in total. The molecular weight excluding hydrogens is 296 g/mol. The summed E-state index contributed by atoms with van der Waals surface area (Å²) in [5.41, 5.74) is 0.423. The van der Waals surface area contributed by atoms with Crippen LogP contribution in [0.15, 0.2) is 64.8 Å². The molecule has 0 radical (unpaired) electrons. The van der Waals surface area contributed by atoms with E-state index in [4.69, 9.17) is 14.8 Å². The molecule has 2 rings (SSSR count). The van der Waals surface area contributed by atoms with Gasteiger partial charge in [-0.3, -0.25) is 4.79 Å². The molecule has 0 aliphatic heterocycles. The molecule has 2 aromatic rings. The van der Waals surface area contributed by atoms with Crippen LogP contribution in [-0.2, 0) is 4.79 Å². The van der Waals surface area contributed by atoms with E-state index in [1.165, 1.54) is 42.7 Å². The maximum absolute atomic E-state index is 12.0. The third-order valence-electron chi connectivity index (χ3n) is 2.82. The molecule has 0 saturated heterocycles. The Morgan fingerprint density at radius 2 is 1.96 bits per heavy atom. The van der Waals surface area contributed by atoms with Gasteiger partial charge < -0.3 is 14.8 Å². The summed E-state index contributed by atoms with van der Waals surface area (Å²) in [7, 11) is 0. The van der Waals surface area contributed by atoms with Crippen molar-refractivity contribution in [3.05, 3.63) is 71.7 Å². The predicted octanol–water partition coefficient (Wildman–Crippen LogP) is 3.08. The van der Waals surface area contributed by atoms with Gasteiger partial charge in [0, 0.05) is 5.69 Å². The highest BCUT2D eigenvalue weighted by Gasteiger charge is 2.09. The van der Waals surface area contributed by atoms with Crippen molar-refractivity contribution in [3.63, 3.8) is 0 Å². The van der Waals surface area contributed by atoms with Gasteiger partial charge in [-0.15, -0.1) is 0 Å². The average molecular weight is 308 g/mol. The highest BCUT2D eigenvalue weighted by atomic mass is 16.4. The molecule has 0 aliphatic rings. The maximum atomic E-state index is 12.0. The van der Waals surface area contributed by atoms with Gasteiger partial charge in [-0.05, 0) is 48.6 Å². The fourth-order valence-corrected chi connectivity index (χ4v) is 1.68. The third-order valence-corrected chi connectivity index (χ3v) is 2.82. The minimum Gasteiger partial charge on any atom is -0.478 e. The highest BCUT2D eigenvalue weighted by Crippen LogP contribution is 2.11. The Balaban J connectivity index is 2.05. The van der Waals surface area contributed by atoms with E-state index in [1.54, 1.807) is 24.3 Å². The minimum atomic E-state index is -1.05. The first-order valence-corrected chi connectivity index (χ1v) is 6.57. The van der Waals surface area contributed by atoms with Gasteiger partial charge in [0.1, 0.15) is 17.4 Å². The quantitative estimate of drug-likeness (QED) is 0.502. The van der Waals surface area contributed by atoms with Gasteiger partial charge in [0.25, 0.3) is 5.91 Å². The smallest absolute Gasteiger partial charge is 0.335 e. The van der Waals surface area contributed by atoms with Crippen molar-refractivity contribution in [3.8, 4) is 6.07 Å². The summed E-state index contributed by atoms with van der Waals surface area (Å²) in [6.07, 6.45) is 6.03. The molecular formula is C17H12N2O4. The van der Waals surface area contributed by atoms with E-state index < -0.39 is 11.9 Å². The Bertz CT molecular complexity index is 794. The van der Waals surface area contributed by atoms with E-state index in [0.29, 0.717) is 11.4 Å². The number of allylic oxidation sites excluding steroid dienone is 2. The topological polar surface area (TPSA) is 103 Å². The number of nitrogens with zero attached hydrogens (tertiary/aromatic N) is 1. The number of nitriles is 1. The number of hydrogen-bond acceptors (Lipinski definition) is 4. The summed E-state index contributed by atoms with van der Waals surface area (Å²) in [6.45, 7) is 0. The predicted molar refractivity (Wildman–Crippen MR) is 83.5 cm³/mol. The summed E-state index contributed by atoms with van der Waals surface area (Å²) in [5.74, 6) is -1.04. The van der Waals surface area contributed by atoms with Crippen molar-refractivity contribution in [2.24, 2.45) is 0 Å². The lowest BCUT2D eigenvalue weighted by Crippen LogP contribution is -2.13. The molecule has 2 N–H and O–H groups in total. The van der Waals surface area contributed by atoms with Gasteiger partial charge >= 0.3 is 5.97 Å². The molecule has 1 aromatic carbocycles. The van der Waals surface area contributed by atoms with E-state index in [0.717, 1.165) is 0 Å². The van der Waals surface area contributed by atoms with Gasteiger partial charge in [0.15, 0.2) is 0 Å². The Morgan fingerprint density at radius 3 is 2.52 bits per heavy atom. The lowest BCUT2D eigenvalue weighted by atomic mass is 10.2. The second-order valence-electron chi connectivity index (χ2n) is 4.40. The lowest BCUT2D eigenvalue weighted by Gasteiger charge is -2.04. The number of nitrogens with one attached hydrogen (secondary N) is 1.